The summed E-state index contributed by atoms with van der Waals surface area (Å²) in [6, 6.07) is 0. The van der Waals surface area contributed by atoms with Crippen molar-refractivity contribution in [3.63, 3.8) is 0 Å². The van der Waals surface area contributed by atoms with E-state index < -0.39 is 13.9 Å². The molecule has 7 nitrogen and oxygen atoms in total. The molecule has 0 fully saturated rings. The molecule has 2 atom stereocenters. The van der Waals surface area contributed by atoms with E-state index in [1.807, 2.05) is 0 Å². The first kappa shape index (κ1) is 21.0. The van der Waals surface area contributed by atoms with Gasteiger partial charge < -0.3 is 20.4 Å². The average Bonchev–Trinajstić information content (AvgIpc) is 2.45. The zero-order chi connectivity index (χ0) is 16.0. The second-order valence-electron chi connectivity index (χ2n) is 4.94. The molecule has 0 spiro atoms. The fourth-order valence-electron chi connectivity index (χ4n) is 1.67. The number of rotatable bonds is 15. The van der Waals surface area contributed by atoms with Gasteiger partial charge in [-0.2, -0.15) is 0 Å². The Labute approximate surface area is 127 Å². The van der Waals surface area contributed by atoms with Crippen LogP contribution in [0.4, 0.5) is 0 Å². The molecule has 0 aromatic carbocycles. The van der Waals surface area contributed by atoms with Crippen molar-refractivity contribution < 1.29 is 28.7 Å². The van der Waals surface area contributed by atoms with Crippen LogP contribution in [-0.4, -0.2) is 54.1 Å². The van der Waals surface area contributed by atoms with E-state index in [4.69, 9.17) is 19.3 Å². The highest BCUT2D eigenvalue weighted by molar-refractivity contribution is 7.47. The van der Waals surface area contributed by atoms with E-state index in [0.29, 0.717) is 6.54 Å². The summed E-state index contributed by atoms with van der Waals surface area (Å²) in [6.07, 6.45) is 5.62. The fraction of sp³-hybridized carbons (Fsp3) is 1.00. The number of hydrogen-bond donors (Lipinski definition) is 4. The highest BCUT2D eigenvalue weighted by Crippen LogP contribution is 2.42. The van der Waals surface area contributed by atoms with Crippen molar-refractivity contribution in [1.29, 1.82) is 0 Å². The van der Waals surface area contributed by atoms with Crippen LogP contribution in [0.5, 0.6) is 0 Å². The van der Waals surface area contributed by atoms with Gasteiger partial charge in [-0.15, -0.1) is 0 Å². The van der Waals surface area contributed by atoms with E-state index in [-0.39, 0.29) is 26.4 Å². The van der Waals surface area contributed by atoms with Crippen molar-refractivity contribution in [2.24, 2.45) is 0 Å². The smallest absolute Gasteiger partial charge is 0.394 e. The van der Waals surface area contributed by atoms with Crippen molar-refractivity contribution in [2.45, 2.75) is 51.6 Å². The van der Waals surface area contributed by atoms with Crippen LogP contribution in [0, 0.1) is 0 Å². The number of nitrogens with one attached hydrogen (secondary N) is 1. The fourth-order valence-corrected chi connectivity index (χ4v) is 2.42. The highest BCUT2D eigenvalue weighted by atomic mass is 31.2. The van der Waals surface area contributed by atoms with Gasteiger partial charge in [-0.25, -0.2) is 4.57 Å². The summed E-state index contributed by atoms with van der Waals surface area (Å²) in [5, 5.41) is 20.4. The molecular weight excluding hydrogens is 297 g/mol. The number of hydrogen-bond acceptors (Lipinski definition) is 6. The van der Waals surface area contributed by atoms with E-state index in [1.165, 1.54) is 19.3 Å². The molecular formula is C13H30NO6P. The molecule has 128 valence electrons. The Hall–Kier alpha value is -0.0100. The Bertz CT molecular complexity index is 279. The molecule has 0 aliphatic carbocycles. The first-order chi connectivity index (χ1) is 10.0. The van der Waals surface area contributed by atoms with Crippen LogP contribution in [0.3, 0.4) is 0 Å². The van der Waals surface area contributed by atoms with Crippen LogP contribution < -0.4 is 5.32 Å². The van der Waals surface area contributed by atoms with Crippen molar-refractivity contribution in [1.82, 2.24) is 5.32 Å². The lowest BCUT2D eigenvalue weighted by atomic mass is 10.1. The summed E-state index contributed by atoms with van der Waals surface area (Å²) in [7, 11) is -3.98. The van der Waals surface area contributed by atoms with Gasteiger partial charge in [0.05, 0.1) is 25.9 Å². The maximum absolute atomic E-state index is 11.5. The molecule has 0 heterocycles. The standard InChI is InChI=1S/C13H30NO6P/c1-2-3-4-5-6-7-9-19-21(17,18)20-10-8-14-11-13(16)12-15/h13-16H,2-12H2,1H3,(H,17,18). The summed E-state index contributed by atoms with van der Waals surface area (Å²) in [5.74, 6) is 0. The lowest BCUT2D eigenvalue weighted by Gasteiger charge is -2.13. The Morgan fingerprint density at radius 1 is 1.10 bits per heavy atom. The predicted molar refractivity (Wildman–Crippen MR) is 81.1 cm³/mol. The van der Waals surface area contributed by atoms with Crippen LogP contribution in [0.1, 0.15) is 45.4 Å². The molecule has 0 aromatic heterocycles. The second kappa shape index (κ2) is 13.6. The largest absolute Gasteiger partial charge is 0.472 e. The quantitative estimate of drug-likeness (QED) is 0.266. The number of phosphoric ester groups is 1. The molecule has 0 bridgehead atoms. The van der Waals surface area contributed by atoms with Crippen molar-refractivity contribution >= 4 is 7.82 Å². The minimum absolute atomic E-state index is 0.00241. The second-order valence-corrected chi connectivity index (χ2v) is 6.40. The molecule has 0 saturated heterocycles. The van der Waals surface area contributed by atoms with Gasteiger partial charge in [0.2, 0.25) is 0 Å². The van der Waals surface area contributed by atoms with Gasteiger partial charge >= 0.3 is 7.82 Å². The van der Waals surface area contributed by atoms with Gasteiger partial charge in [-0.3, -0.25) is 9.05 Å². The van der Waals surface area contributed by atoms with Gasteiger partial charge in [0.25, 0.3) is 0 Å². The number of aliphatic hydroxyl groups excluding tert-OH is 2. The molecule has 4 N–H and O–H groups in total. The van der Waals surface area contributed by atoms with E-state index in [1.54, 1.807) is 0 Å². The molecule has 0 aromatic rings. The molecule has 0 rings (SSSR count). The summed E-state index contributed by atoms with van der Waals surface area (Å²) < 4.78 is 21.1. The van der Waals surface area contributed by atoms with Crippen molar-refractivity contribution in [3.05, 3.63) is 0 Å². The normalized spacial score (nSPS) is 15.8. The summed E-state index contributed by atoms with van der Waals surface area (Å²) in [6.45, 7) is 2.55. The highest BCUT2D eigenvalue weighted by Gasteiger charge is 2.19. The maximum atomic E-state index is 11.5. The van der Waals surface area contributed by atoms with Crippen molar-refractivity contribution in [3.8, 4) is 0 Å². The maximum Gasteiger partial charge on any atom is 0.472 e. The summed E-state index contributed by atoms with van der Waals surface area (Å²) in [5.41, 5.74) is 0. The topological polar surface area (TPSA) is 108 Å². The van der Waals surface area contributed by atoms with Crippen LogP contribution in [-0.2, 0) is 13.6 Å². The Balaban J connectivity index is 3.45. The third-order valence-corrected chi connectivity index (χ3v) is 3.89. The number of unbranched alkanes of at least 4 members (excludes halogenated alkanes) is 5. The van der Waals surface area contributed by atoms with E-state index in [0.717, 1.165) is 19.3 Å². The third kappa shape index (κ3) is 14.7. The van der Waals surface area contributed by atoms with Gasteiger partial charge in [0, 0.05) is 13.1 Å². The molecule has 0 radical (unpaired) electrons. The Kier molecular flexibility index (Phi) is 13.6. The molecule has 21 heavy (non-hydrogen) atoms. The Morgan fingerprint density at radius 3 is 2.38 bits per heavy atom. The first-order valence-electron chi connectivity index (χ1n) is 7.63. The number of aliphatic hydroxyl groups is 2. The monoisotopic (exact) mass is 327 g/mol. The predicted octanol–water partition coefficient (Wildman–Crippen LogP) is 1.42. The summed E-state index contributed by atoms with van der Waals surface area (Å²) >= 11 is 0. The minimum Gasteiger partial charge on any atom is -0.394 e. The van der Waals surface area contributed by atoms with Gasteiger partial charge in [0.1, 0.15) is 0 Å². The lowest BCUT2D eigenvalue weighted by Crippen LogP contribution is -2.31. The molecule has 8 heteroatoms. The molecule has 0 saturated carbocycles. The SMILES string of the molecule is CCCCCCCCOP(=O)(O)OCCNCC(O)CO. The van der Waals surface area contributed by atoms with Crippen molar-refractivity contribution in [2.75, 3.05) is 32.9 Å². The lowest BCUT2D eigenvalue weighted by molar-refractivity contribution is 0.0923. The van der Waals surface area contributed by atoms with Crippen LogP contribution >= 0.6 is 7.82 Å². The van der Waals surface area contributed by atoms with Gasteiger partial charge in [-0.05, 0) is 6.42 Å². The van der Waals surface area contributed by atoms with Gasteiger partial charge in [0.15, 0.2) is 0 Å². The first-order valence-corrected chi connectivity index (χ1v) is 9.13. The van der Waals surface area contributed by atoms with E-state index in [2.05, 4.69) is 12.2 Å². The van der Waals surface area contributed by atoms with Crippen LogP contribution in [0.15, 0.2) is 0 Å². The molecule has 0 aliphatic rings. The van der Waals surface area contributed by atoms with Crippen LogP contribution in [0.2, 0.25) is 0 Å². The van der Waals surface area contributed by atoms with Crippen LogP contribution in [0.25, 0.3) is 0 Å². The number of phosphoric acid groups is 1. The average molecular weight is 327 g/mol. The zero-order valence-corrected chi connectivity index (χ0v) is 13.8. The third-order valence-electron chi connectivity index (χ3n) is 2.88. The minimum atomic E-state index is -3.98. The summed E-state index contributed by atoms with van der Waals surface area (Å²) in [4.78, 5) is 9.40. The molecule has 0 aliphatic heterocycles. The Morgan fingerprint density at radius 2 is 1.71 bits per heavy atom. The molecule has 0 amide bonds. The zero-order valence-electron chi connectivity index (χ0n) is 12.9. The molecule has 2 unspecified atom stereocenters. The van der Waals surface area contributed by atoms with Gasteiger partial charge in [-0.1, -0.05) is 39.0 Å². The van der Waals surface area contributed by atoms with E-state index >= 15 is 0 Å². The van der Waals surface area contributed by atoms with E-state index in [9.17, 15) is 9.46 Å².